The van der Waals surface area contributed by atoms with Crippen LogP contribution in [0.5, 0.6) is 0 Å². The molecule has 0 aromatic heterocycles. The van der Waals surface area contributed by atoms with Crippen molar-refractivity contribution in [2.45, 2.75) is 59.3 Å². The fraction of sp³-hybridized carbons (Fsp3) is 0.667. The van der Waals surface area contributed by atoms with Crippen LogP contribution in [-0.4, -0.2) is 12.6 Å². The minimum Gasteiger partial charge on any atom is -0.462 e. The highest BCUT2D eigenvalue weighted by Gasteiger charge is 2.02. The van der Waals surface area contributed by atoms with E-state index < -0.39 is 0 Å². The summed E-state index contributed by atoms with van der Waals surface area (Å²) in [7, 11) is 0. The first-order chi connectivity index (χ1) is 8.22. The van der Waals surface area contributed by atoms with Gasteiger partial charge in [0.15, 0.2) is 0 Å². The summed E-state index contributed by atoms with van der Waals surface area (Å²) in [5, 5.41) is 0. The monoisotopic (exact) mass is 238 g/mol. The van der Waals surface area contributed by atoms with Crippen molar-refractivity contribution in [2.24, 2.45) is 0 Å². The first kappa shape index (κ1) is 16.0. The number of unbranched alkanes of at least 4 members (excludes halogenated alkanes) is 4. The molecule has 2 heteroatoms. The van der Waals surface area contributed by atoms with Crippen LogP contribution in [0.25, 0.3) is 0 Å². The lowest BCUT2D eigenvalue weighted by molar-refractivity contribution is -0.139. The number of rotatable bonds is 9. The third-order valence-corrected chi connectivity index (χ3v) is 2.64. The molecule has 0 fully saturated rings. The van der Waals surface area contributed by atoms with Crippen molar-refractivity contribution in [3.8, 4) is 0 Å². The molecule has 0 N–H and O–H groups in total. The van der Waals surface area contributed by atoms with Crippen molar-refractivity contribution < 1.29 is 9.53 Å². The third kappa shape index (κ3) is 9.86. The molecule has 0 spiro atoms. The molecule has 0 radical (unpaired) electrons. The van der Waals surface area contributed by atoms with Gasteiger partial charge in [-0.3, -0.25) is 0 Å². The second-order valence-electron chi connectivity index (χ2n) is 4.22. The predicted molar refractivity (Wildman–Crippen MR) is 72.9 cm³/mol. The summed E-state index contributed by atoms with van der Waals surface area (Å²) < 4.78 is 5.10. The van der Waals surface area contributed by atoms with Crippen molar-refractivity contribution in [2.75, 3.05) is 6.61 Å². The van der Waals surface area contributed by atoms with Gasteiger partial charge in [0.1, 0.15) is 0 Å². The van der Waals surface area contributed by atoms with E-state index in [0.717, 1.165) is 12.8 Å². The van der Waals surface area contributed by atoms with E-state index in [1.807, 2.05) is 6.92 Å². The fourth-order valence-corrected chi connectivity index (χ4v) is 1.35. The molecule has 0 heterocycles. The topological polar surface area (TPSA) is 26.3 Å². The minimum absolute atomic E-state index is 0.195. The van der Waals surface area contributed by atoms with Crippen LogP contribution in [0.1, 0.15) is 59.3 Å². The molecule has 17 heavy (non-hydrogen) atoms. The molecular formula is C15H26O2. The van der Waals surface area contributed by atoms with E-state index in [1.54, 1.807) is 13.0 Å². The van der Waals surface area contributed by atoms with Gasteiger partial charge in [-0.25, -0.2) is 4.79 Å². The van der Waals surface area contributed by atoms with Gasteiger partial charge in [0.25, 0.3) is 0 Å². The second kappa shape index (κ2) is 11.4. The van der Waals surface area contributed by atoms with Crippen LogP contribution in [-0.2, 0) is 9.53 Å². The molecule has 0 aliphatic carbocycles. The molecule has 0 amide bonds. The number of ether oxygens (including phenoxy) is 1. The Morgan fingerprint density at radius 2 is 1.76 bits per heavy atom. The van der Waals surface area contributed by atoms with E-state index in [1.165, 1.54) is 25.7 Å². The van der Waals surface area contributed by atoms with Crippen LogP contribution in [0.15, 0.2) is 23.8 Å². The van der Waals surface area contributed by atoms with Gasteiger partial charge in [0.2, 0.25) is 0 Å². The van der Waals surface area contributed by atoms with Crippen LogP contribution in [0.4, 0.5) is 0 Å². The summed E-state index contributed by atoms with van der Waals surface area (Å²) >= 11 is 0. The van der Waals surface area contributed by atoms with E-state index >= 15 is 0 Å². The van der Waals surface area contributed by atoms with Gasteiger partial charge in [0, 0.05) is 5.57 Å². The maximum absolute atomic E-state index is 11.3. The molecule has 0 aromatic rings. The number of esters is 1. The number of carbonyl (C=O) groups is 1. The van der Waals surface area contributed by atoms with Gasteiger partial charge in [-0.2, -0.15) is 0 Å². The van der Waals surface area contributed by atoms with Gasteiger partial charge in [-0.1, -0.05) is 38.0 Å². The summed E-state index contributed by atoms with van der Waals surface area (Å²) in [4.78, 5) is 11.3. The Balaban J connectivity index is 3.37. The van der Waals surface area contributed by atoms with E-state index in [4.69, 9.17) is 4.74 Å². The molecule has 0 saturated heterocycles. The SMILES string of the molecule is C/C=C(\C)C(=O)OCCC/C=C/CCCCC. The Labute approximate surface area is 106 Å². The van der Waals surface area contributed by atoms with Gasteiger partial charge < -0.3 is 4.74 Å². The lowest BCUT2D eigenvalue weighted by Crippen LogP contribution is -2.06. The van der Waals surface area contributed by atoms with Crippen molar-refractivity contribution in [3.05, 3.63) is 23.8 Å². The summed E-state index contributed by atoms with van der Waals surface area (Å²) in [5.41, 5.74) is 0.681. The Hall–Kier alpha value is -1.05. The van der Waals surface area contributed by atoms with Gasteiger partial charge in [-0.15, -0.1) is 0 Å². The van der Waals surface area contributed by atoms with Gasteiger partial charge in [-0.05, 0) is 39.5 Å². The Morgan fingerprint density at radius 3 is 2.35 bits per heavy atom. The molecule has 0 atom stereocenters. The van der Waals surface area contributed by atoms with E-state index in [2.05, 4.69) is 19.1 Å². The lowest BCUT2D eigenvalue weighted by atomic mass is 10.2. The zero-order chi connectivity index (χ0) is 12.9. The molecule has 2 nitrogen and oxygen atoms in total. The highest BCUT2D eigenvalue weighted by molar-refractivity contribution is 5.87. The Morgan fingerprint density at radius 1 is 1.12 bits per heavy atom. The summed E-state index contributed by atoms with van der Waals surface area (Å²) in [6.07, 6.45) is 13.1. The molecule has 0 bridgehead atoms. The van der Waals surface area contributed by atoms with Crippen LogP contribution < -0.4 is 0 Å². The largest absolute Gasteiger partial charge is 0.462 e. The standard InChI is InChI=1S/C15H26O2/c1-4-6-7-8-9-10-11-12-13-17-15(16)14(3)5-2/h5,9-10H,4,6-8,11-13H2,1-3H3/b10-9+,14-5+. The summed E-state index contributed by atoms with van der Waals surface area (Å²) in [5.74, 6) is -0.195. The molecule has 0 aromatic carbocycles. The van der Waals surface area contributed by atoms with Gasteiger partial charge >= 0.3 is 5.97 Å². The molecule has 0 saturated carbocycles. The summed E-state index contributed by atoms with van der Waals surface area (Å²) in [6, 6.07) is 0. The van der Waals surface area contributed by atoms with E-state index in [0.29, 0.717) is 12.2 Å². The van der Waals surface area contributed by atoms with Crippen molar-refractivity contribution in [1.82, 2.24) is 0 Å². The van der Waals surface area contributed by atoms with Crippen LogP contribution in [0, 0.1) is 0 Å². The van der Waals surface area contributed by atoms with Crippen molar-refractivity contribution in [3.63, 3.8) is 0 Å². The van der Waals surface area contributed by atoms with Crippen molar-refractivity contribution in [1.29, 1.82) is 0 Å². The molecule has 98 valence electrons. The number of hydrogen-bond acceptors (Lipinski definition) is 2. The molecule has 0 rings (SSSR count). The zero-order valence-electron chi connectivity index (χ0n) is 11.5. The molecule has 0 unspecified atom stereocenters. The second-order valence-corrected chi connectivity index (χ2v) is 4.22. The number of hydrogen-bond donors (Lipinski definition) is 0. The highest BCUT2D eigenvalue weighted by Crippen LogP contribution is 2.02. The average Bonchev–Trinajstić information content (AvgIpc) is 2.35. The minimum atomic E-state index is -0.195. The maximum Gasteiger partial charge on any atom is 0.333 e. The van der Waals surface area contributed by atoms with Crippen LogP contribution in [0.3, 0.4) is 0 Å². The quantitative estimate of drug-likeness (QED) is 0.257. The maximum atomic E-state index is 11.3. The van der Waals surface area contributed by atoms with Crippen molar-refractivity contribution >= 4 is 5.97 Å². The third-order valence-electron chi connectivity index (χ3n) is 2.64. The molecular weight excluding hydrogens is 212 g/mol. The van der Waals surface area contributed by atoms with E-state index in [-0.39, 0.29) is 5.97 Å². The van der Waals surface area contributed by atoms with E-state index in [9.17, 15) is 4.79 Å². The Kier molecular flexibility index (Phi) is 10.7. The predicted octanol–water partition coefficient (Wildman–Crippen LogP) is 4.41. The highest BCUT2D eigenvalue weighted by atomic mass is 16.5. The number of carbonyl (C=O) groups excluding carboxylic acids is 1. The van der Waals surface area contributed by atoms with Crippen LogP contribution in [0.2, 0.25) is 0 Å². The van der Waals surface area contributed by atoms with Crippen LogP contribution >= 0.6 is 0 Å². The normalized spacial score (nSPS) is 12.1. The lowest BCUT2D eigenvalue weighted by Gasteiger charge is -2.02. The zero-order valence-corrected chi connectivity index (χ0v) is 11.5. The van der Waals surface area contributed by atoms with Gasteiger partial charge in [0.05, 0.1) is 6.61 Å². The average molecular weight is 238 g/mol. The number of allylic oxidation sites excluding steroid dienone is 3. The first-order valence-corrected chi connectivity index (χ1v) is 6.67. The first-order valence-electron chi connectivity index (χ1n) is 6.67. The summed E-state index contributed by atoms with van der Waals surface area (Å²) in [6.45, 7) is 6.35. The smallest absolute Gasteiger partial charge is 0.333 e. The Bertz CT molecular complexity index is 252. The molecule has 0 aliphatic rings. The fourth-order valence-electron chi connectivity index (χ4n) is 1.35. The molecule has 0 aliphatic heterocycles.